The Morgan fingerprint density at radius 3 is 2.80 bits per heavy atom. The largest absolute Gasteiger partial charge is 0.343 e. The Balaban J connectivity index is 2.37. The molecule has 0 radical (unpaired) electrons. The van der Waals surface area contributed by atoms with Crippen LogP contribution in [0.3, 0.4) is 0 Å². The molecule has 1 aliphatic heterocycles. The van der Waals surface area contributed by atoms with Gasteiger partial charge in [-0.05, 0) is 12.3 Å². The number of carbonyl (C=O) groups is 1. The summed E-state index contributed by atoms with van der Waals surface area (Å²) in [5.41, 5.74) is 0. The molecule has 1 atom stereocenters. The lowest BCUT2D eigenvalue weighted by molar-refractivity contribution is -0.127. The maximum atomic E-state index is 11.1. The predicted octanol–water partition coefficient (Wildman–Crippen LogP) is -0.0823. The molecular formula is C9H16N2O3S. The number of hydrogen-bond donors (Lipinski definition) is 1. The molecule has 1 N–H and O–H groups in total. The van der Waals surface area contributed by atoms with Crippen molar-refractivity contribution in [3.63, 3.8) is 0 Å². The second-order valence-corrected chi connectivity index (χ2v) is 5.39. The fraction of sp³-hybridized carbons (Fsp3) is 0.667. The van der Waals surface area contributed by atoms with Crippen molar-refractivity contribution < 1.29 is 13.2 Å². The van der Waals surface area contributed by atoms with Gasteiger partial charge in [-0.1, -0.05) is 6.58 Å². The normalized spacial score (nSPS) is 21.7. The molecule has 6 heteroatoms. The van der Waals surface area contributed by atoms with E-state index < -0.39 is 10.0 Å². The summed E-state index contributed by atoms with van der Waals surface area (Å²) in [7, 11) is -3.33. The van der Waals surface area contributed by atoms with Crippen molar-refractivity contribution in [1.82, 2.24) is 9.62 Å². The summed E-state index contributed by atoms with van der Waals surface area (Å²) in [5, 5.41) is 0.894. The fourth-order valence-corrected chi connectivity index (χ4v) is 2.16. The van der Waals surface area contributed by atoms with Crippen LogP contribution in [0.1, 0.15) is 13.3 Å². The molecule has 1 saturated heterocycles. The minimum Gasteiger partial charge on any atom is -0.343 e. The zero-order valence-corrected chi connectivity index (χ0v) is 9.59. The molecule has 1 amide bonds. The smallest absolute Gasteiger partial charge is 0.233 e. The Labute approximate surface area is 90.2 Å². The van der Waals surface area contributed by atoms with E-state index in [1.54, 1.807) is 4.90 Å². The van der Waals surface area contributed by atoms with Crippen molar-refractivity contribution in [1.29, 1.82) is 0 Å². The number of hydrogen-bond acceptors (Lipinski definition) is 3. The lowest BCUT2D eigenvalue weighted by Crippen LogP contribution is -2.31. The van der Waals surface area contributed by atoms with E-state index in [0.717, 1.165) is 18.4 Å². The molecule has 5 nitrogen and oxygen atoms in total. The average molecular weight is 232 g/mol. The minimum absolute atomic E-state index is 0.0454. The molecule has 1 rings (SSSR count). The zero-order valence-electron chi connectivity index (χ0n) is 8.77. The SMILES string of the molecule is C=CS(=O)(=O)NC[C@H]1CCN(C(C)=O)C1. The fourth-order valence-electron chi connectivity index (χ4n) is 1.58. The third kappa shape index (κ3) is 3.64. The first-order chi connectivity index (χ1) is 6.94. The quantitative estimate of drug-likeness (QED) is 0.737. The molecule has 0 bridgehead atoms. The third-order valence-electron chi connectivity index (χ3n) is 2.52. The van der Waals surface area contributed by atoms with Crippen LogP contribution in [-0.2, 0) is 14.8 Å². The van der Waals surface area contributed by atoms with E-state index in [2.05, 4.69) is 11.3 Å². The van der Waals surface area contributed by atoms with Crippen molar-refractivity contribution in [2.45, 2.75) is 13.3 Å². The number of carbonyl (C=O) groups excluding carboxylic acids is 1. The third-order valence-corrected chi connectivity index (χ3v) is 3.53. The molecule has 0 aromatic carbocycles. The molecule has 1 heterocycles. The highest BCUT2D eigenvalue weighted by Gasteiger charge is 2.24. The first kappa shape index (κ1) is 12.2. The van der Waals surface area contributed by atoms with Gasteiger partial charge in [-0.3, -0.25) is 4.79 Å². The summed E-state index contributed by atoms with van der Waals surface area (Å²) in [4.78, 5) is 12.7. The molecule has 86 valence electrons. The van der Waals surface area contributed by atoms with Crippen LogP contribution in [-0.4, -0.2) is 38.9 Å². The monoisotopic (exact) mass is 232 g/mol. The van der Waals surface area contributed by atoms with Crippen LogP contribution in [0.15, 0.2) is 12.0 Å². The van der Waals surface area contributed by atoms with Gasteiger partial charge in [0, 0.05) is 32.0 Å². The Morgan fingerprint density at radius 2 is 2.33 bits per heavy atom. The van der Waals surface area contributed by atoms with E-state index >= 15 is 0 Å². The zero-order chi connectivity index (χ0) is 11.5. The van der Waals surface area contributed by atoms with Crippen molar-refractivity contribution in [3.8, 4) is 0 Å². The summed E-state index contributed by atoms with van der Waals surface area (Å²) in [6, 6.07) is 0. The van der Waals surface area contributed by atoms with E-state index in [1.807, 2.05) is 0 Å². The number of nitrogens with zero attached hydrogens (tertiary/aromatic N) is 1. The van der Waals surface area contributed by atoms with E-state index in [9.17, 15) is 13.2 Å². The van der Waals surface area contributed by atoms with E-state index in [-0.39, 0.29) is 11.8 Å². The van der Waals surface area contributed by atoms with Crippen LogP contribution >= 0.6 is 0 Å². The average Bonchev–Trinajstić information content (AvgIpc) is 2.63. The van der Waals surface area contributed by atoms with E-state index in [0.29, 0.717) is 13.1 Å². The van der Waals surface area contributed by atoms with E-state index in [4.69, 9.17) is 0 Å². The van der Waals surface area contributed by atoms with Crippen LogP contribution in [0.5, 0.6) is 0 Å². The molecular weight excluding hydrogens is 216 g/mol. The Morgan fingerprint density at radius 1 is 1.67 bits per heavy atom. The molecule has 0 spiro atoms. The van der Waals surface area contributed by atoms with Gasteiger partial charge in [0.1, 0.15) is 0 Å². The second kappa shape index (κ2) is 4.76. The lowest BCUT2D eigenvalue weighted by atomic mass is 10.1. The molecule has 1 aliphatic rings. The summed E-state index contributed by atoms with van der Waals surface area (Å²) in [5.74, 6) is 0.257. The molecule has 0 aromatic rings. The first-order valence-corrected chi connectivity index (χ1v) is 6.37. The van der Waals surface area contributed by atoms with Crippen LogP contribution in [0, 0.1) is 5.92 Å². The maximum absolute atomic E-state index is 11.1. The van der Waals surface area contributed by atoms with Crippen molar-refractivity contribution in [2.75, 3.05) is 19.6 Å². The highest BCUT2D eigenvalue weighted by atomic mass is 32.2. The number of amides is 1. The highest BCUT2D eigenvalue weighted by molar-refractivity contribution is 7.92. The van der Waals surface area contributed by atoms with Crippen molar-refractivity contribution >= 4 is 15.9 Å². The minimum atomic E-state index is -3.33. The first-order valence-electron chi connectivity index (χ1n) is 4.82. The highest BCUT2D eigenvalue weighted by Crippen LogP contribution is 2.15. The number of nitrogens with one attached hydrogen (secondary N) is 1. The molecule has 0 unspecified atom stereocenters. The molecule has 0 aliphatic carbocycles. The summed E-state index contributed by atoms with van der Waals surface area (Å²) in [6.45, 7) is 6.46. The van der Waals surface area contributed by atoms with Crippen molar-refractivity contribution in [2.24, 2.45) is 5.92 Å². The van der Waals surface area contributed by atoms with Gasteiger partial charge in [-0.2, -0.15) is 0 Å². The van der Waals surface area contributed by atoms with Gasteiger partial charge in [-0.15, -0.1) is 0 Å². The van der Waals surface area contributed by atoms with Crippen LogP contribution in [0.25, 0.3) is 0 Å². The molecule has 0 aromatic heterocycles. The van der Waals surface area contributed by atoms with Crippen LogP contribution < -0.4 is 4.72 Å². The maximum Gasteiger partial charge on any atom is 0.233 e. The topological polar surface area (TPSA) is 66.5 Å². The Bertz CT molecular complexity index is 350. The lowest BCUT2D eigenvalue weighted by Gasteiger charge is -2.13. The Kier molecular flexibility index (Phi) is 3.87. The Hall–Kier alpha value is -0.880. The van der Waals surface area contributed by atoms with Crippen molar-refractivity contribution in [3.05, 3.63) is 12.0 Å². The van der Waals surface area contributed by atoms with Gasteiger partial charge in [0.15, 0.2) is 0 Å². The van der Waals surface area contributed by atoms with Crippen LogP contribution in [0.2, 0.25) is 0 Å². The molecule has 0 saturated carbocycles. The number of likely N-dealkylation sites (tertiary alicyclic amines) is 1. The second-order valence-electron chi connectivity index (χ2n) is 3.68. The molecule has 1 fully saturated rings. The summed E-state index contributed by atoms with van der Waals surface area (Å²) >= 11 is 0. The number of sulfonamides is 1. The standard InChI is InChI=1S/C9H16N2O3S/c1-3-15(13,14)10-6-9-4-5-11(7-9)8(2)12/h3,9-10H,1,4-7H2,2H3/t9-/m1/s1. The van der Waals surface area contributed by atoms with Gasteiger partial charge >= 0.3 is 0 Å². The van der Waals surface area contributed by atoms with Crippen LogP contribution in [0.4, 0.5) is 0 Å². The van der Waals surface area contributed by atoms with Gasteiger partial charge in [0.2, 0.25) is 15.9 Å². The van der Waals surface area contributed by atoms with Gasteiger partial charge in [0.25, 0.3) is 0 Å². The number of rotatable bonds is 4. The summed E-state index contributed by atoms with van der Waals surface area (Å²) < 4.78 is 24.5. The van der Waals surface area contributed by atoms with Gasteiger partial charge in [-0.25, -0.2) is 13.1 Å². The van der Waals surface area contributed by atoms with E-state index in [1.165, 1.54) is 6.92 Å². The molecule has 15 heavy (non-hydrogen) atoms. The van der Waals surface area contributed by atoms with Gasteiger partial charge in [0.05, 0.1) is 0 Å². The van der Waals surface area contributed by atoms with Gasteiger partial charge < -0.3 is 4.90 Å². The summed E-state index contributed by atoms with van der Waals surface area (Å²) in [6.07, 6.45) is 0.846. The predicted molar refractivity (Wildman–Crippen MR) is 57.5 cm³/mol.